The third kappa shape index (κ3) is 13.0. The van der Waals surface area contributed by atoms with Gasteiger partial charge in [-0.25, -0.2) is 4.79 Å². The third-order valence-electron chi connectivity index (χ3n) is 22.5. The van der Waals surface area contributed by atoms with E-state index >= 15 is 0 Å². The largest absolute Gasteiger partial charge is 0.462 e. The number of aliphatic hydroxyl groups is 7. The second kappa shape index (κ2) is 28.0. The van der Waals surface area contributed by atoms with Gasteiger partial charge in [0.15, 0.2) is 31.5 Å². The molecular weight excluding hydrogens is 1170 g/mol. The van der Waals surface area contributed by atoms with Crippen molar-refractivity contribution >= 4 is 11.9 Å². The Labute approximate surface area is 521 Å². The van der Waals surface area contributed by atoms with Gasteiger partial charge in [-0.05, 0) is 121 Å². The van der Waals surface area contributed by atoms with Crippen molar-refractivity contribution in [2.75, 3.05) is 35.0 Å². The molecule has 25 nitrogen and oxygen atoms in total. The van der Waals surface area contributed by atoms with Crippen molar-refractivity contribution in [2.45, 2.75) is 291 Å². The number of hydrogen-bond donors (Lipinski definition) is 7. The number of benzene rings is 1. The average molecular weight is 1270 g/mol. The normalized spacial score (nSPS) is 49.6. The zero-order chi connectivity index (χ0) is 64.2. The molecule has 0 radical (unpaired) electrons. The Hall–Kier alpha value is -2.68. The molecule has 7 N–H and O–H groups in total. The number of hydrogen-bond acceptors (Lipinski definition) is 25. The molecule has 25 heteroatoms. The molecular formula is C64H100O25. The maximum atomic E-state index is 13.3. The van der Waals surface area contributed by atoms with E-state index in [9.17, 15) is 45.3 Å². The van der Waals surface area contributed by atoms with Gasteiger partial charge < -0.3 is 112 Å². The first-order valence-corrected chi connectivity index (χ1v) is 32.1. The molecule has 0 unspecified atom stereocenters. The SMILES string of the molecule is CO[C@H]1[C@@H](O)[C@H](O[C@H]2[C@@H](OC)C[C@H](O[C@@H]3[C@@H](C)O[C@@H](O[C@H]4[C@@H](OC)C[C@H](O[C@H]5CC[C@@]6(C)[C@@H](CC[C@@H]7[C@@H]6C[C@@H](OC(C)=O)[C@]6(C)[C@](O)([C@H](C)OC(=O)c8ccccc8)CC[C@]76O)C5)O[C@@H]4C)C[C@H]3OC)O[C@@H]2C)O[C@H](C)[C@H]1O[C@@H]1O[C@H](CO)[C@@H](O)[C@H](O)[C@H]1O. The van der Waals surface area contributed by atoms with Crippen LogP contribution >= 0.6 is 0 Å². The van der Waals surface area contributed by atoms with Crippen LogP contribution in [0, 0.1) is 28.6 Å². The number of esters is 2. The van der Waals surface area contributed by atoms with Gasteiger partial charge in [0.05, 0.1) is 72.0 Å². The minimum Gasteiger partial charge on any atom is -0.462 e. The second-order valence-corrected chi connectivity index (χ2v) is 27.2. The van der Waals surface area contributed by atoms with E-state index in [1.807, 2.05) is 26.8 Å². The monoisotopic (exact) mass is 1270 g/mol. The van der Waals surface area contributed by atoms with Crippen molar-refractivity contribution < 1.29 is 121 Å². The molecule has 5 heterocycles. The lowest BCUT2D eigenvalue weighted by molar-refractivity contribution is -0.374. The molecule has 0 aromatic heterocycles. The molecule has 0 amide bonds. The van der Waals surface area contributed by atoms with Crippen molar-refractivity contribution in [3.63, 3.8) is 0 Å². The molecule has 4 aliphatic carbocycles. The molecule has 9 fully saturated rings. The van der Waals surface area contributed by atoms with E-state index < -0.39 is 183 Å². The molecule has 506 valence electrons. The minimum atomic E-state index is -1.69. The van der Waals surface area contributed by atoms with E-state index in [1.54, 1.807) is 66.4 Å². The molecule has 5 aliphatic heterocycles. The summed E-state index contributed by atoms with van der Waals surface area (Å²) in [6.45, 7) is 13.8. The van der Waals surface area contributed by atoms with Gasteiger partial charge in [0.1, 0.15) is 78.8 Å². The standard InChI is InChI=1S/C64H100O25/c1-30-53(86-47-27-42(75-10)54(31(2)79-47)87-48-28-43(76-11)55(32(3)80-48)88-60-52(70)57(77-12)56(33(4)81-60)89-59-51(69)50(68)49(67)44(29-65)85-59)41(74-9)26-46(78-30)84-38-20-21-61(7)37(24-38)18-19-39-40(61)25-45(83-35(6)66)62(8)63(72,22-23-64(39,62)73)34(5)82-58(71)36-16-14-13-15-17-36/h13-17,30-34,37-57,59-60,65,67-70,72-73H,18-29H2,1-12H3/t30-,31-,32-,33-,34+,37+,38+,39-,40+,41+,42-,43+,44-,45-,46+,47+,48+,49-,50+,51-,52-,53-,54-,55-,56-,57+,59+,60+,61+,62-,63-,64+/m1/s1. The number of methoxy groups -OCH3 is 4. The first-order valence-electron chi connectivity index (χ1n) is 32.1. The Morgan fingerprint density at radius 2 is 1.12 bits per heavy atom. The molecule has 1 aromatic rings. The summed E-state index contributed by atoms with van der Waals surface area (Å²) in [5, 5.41) is 78.5. The summed E-state index contributed by atoms with van der Waals surface area (Å²) in [6.07, 6.45) is -16.5. The molecule has 9 aliphatic rings. The average Bonchev–Trinajstić information content (AvgIpc) is 1.60. The Kier molecular flexibility index (Phi) is 21.7. The molecule has 32 atom stereocenters. The van der Waals surface area contributed by atoms with Crippen LogP contribution in [0.25, 0.3) is 0 Å². The maximum absolute atomic E-state index is 13.3. The Morgan fingerprint density at radius 3 is 1.67 bits per heavy atom. The molecule has 10 rings (SSSR count). The van der Waals surface area contributed by atoms with Crippen LogP contribution in [0.1, 0.15) is 136 Å². The van der Waals surface area contributed by atoms with E-state index in [4.69, 9.17) is 75.8 Å². The summed E-state index contributed by atoms with van der Waals surface area (Å²) in [4.78, 5) is 26.3. The topological polar surface area (TPSA) is 323 Å². The smallest absolute Gasteiger partial charge is 0.338 e. The highest BCUT2D eigenvalue weighted by Crippen LogP contribution is 2.71. The summed E-state index contributed by atoms with van der Waals surface area (Å²) in [6, 6.07) is 8.61. The lowest BCUT2D eigenvalue weighted by Gasteiger charge is -2.66. The first-order chi connectivity index (χ1) is 42.3. The second-order valence-electron chi connectivity index (χ2n) is 27.2. The molecule has 0 bridgehead atoms. The summed E-state index contributed by atoms with van der Waals surface area (Å²) in [5.41, 5.74) is -4.30. The van der Waals surface area contributed by atoms with E-state index in [2.05, 4.69) is 6.92 Å². The summed E-state index contributed by atoms with van der Waals surface area (Å²) >= 11 is 0. The molecule has 1 aromatic carbocycles. The van der Waals surface area contributed by atoms with Crippen molar-refractivity contribution in [3.05, 3.63) is 35.9 Å². The predicted octanol–water partition coefficient (Wildman–Crippen LogP) is 2.96. The fourth-order valence-electron chi connectivity index (χ4n) is 17.4. The molecule has 89 heavy (non-hydrogen) atoms. The predicted molar refractivity (Wildman–Crippen MR) is 309 cm³/mol. The van der Waals surface area contributed by atoms with Crippen LogP contribution in [0.2, 0.25) is 0 Å². The summed E-state index contributed by atoms with van der Waals surface area (Å²) < 4.78 is 99.8. The van der Waals surface area contributed by atoms with Gasteiger partial charge in [-0.1, -0.05) is 32.0 Å². The maximum Gasteiger partial charge on any atom is 0.338 e. The highest BCUT2D eigenvalue weighted by atomic mass is 16.8. The van der Waals surface area contributed by atoms with E-state index in [0.717, 1.165) is 25.7 Å². The molecule has 5 saturated heterocycles. The van der Waals surface area contributed by atoms with Gasteiger partial charge in [0, 0.05) is 54.6 Å². The summed E-state index contributed by atoms with van der Waals surface area (Å²) in [5.74, 6) is -1.04. The van der Waals surface area contributed by atoms with E-state index in [1.165, 1.54) is 14.0 Å². The van der Waals surface area contributed by atoms with Crippen LogP contribution in [-0.2, 0) is 80.6 Å². The van der Waals surface area contributed by atoms with E-state index in [0.29, 0.717) is 31.2 Å². The van der Waals surface area contributed by atoms with Gasteiger partial charge in [-0.2, -0.15) is 0 Å². The van der Waals surface area contributed by atoms with Crippen LogP contribution in [0.3, 0.4) is 0 Å². The zero-order valence-electron chi connectivity index (χ0n) is 53.5. The number of carbonyl (C=O) groups is 2. The fraction of sp³-hybridized carbons (Fsp3) is 0.875. The lowest BCUT2D eigenvalue weighted by Crippen LogP contribution is -2.72. The van der Waals surface area contributed by atoms with Crippen LogP contribution in [-0.4, -0.2) is 247 Å². The highest BCUT2D eigenvalue weighted by molar-refractivity contribution is 5.89. The number of fused-ring (bicyclic) bond motifs is 5. The van der Waals surface area contributed by atoms with Gasteiger partial charge in [0.2, 0.25) is 0 Å². The lowest BCUT2D eigenvalue weighted by atomic mass is 9.42. The van der Waals surface area contributed by atoms with Crippen LogP contribution < -0.4 is 0 Å². The van der Waals surface area contributed by atoms with Crippen LogP contribution in [0.15, 0.2) is 30.3 Å². The van der Waals surface area contributed by atoms with Gasteiger partial charge in [-0.15, -0.1) is 0 Å². The number of carbonyl (C=O) groups excluding carboxylic acids is 2. The number of rotatable bonds is 19. The molecule has 4 saturated carbocycles. The first kappa shape index (κ1) is 69.2. The fourth-order valence-corrected chi connectivity index (χ4v) is 17.4. The van der Waals surface area contributed by atoms with Gasteiger partial charge in [0.25, 0.3) is 0 Å². The Bertz CT molecular complexity index is 2500. The van der Waals surface area contributed by atoms with Crippen LogP contribution in [0.5, 0.6) is 0 Å². The van der Waals surface area contributed by atoms with Crippen molar-refractivity contribution in [1.29, 1.82) is 0 Å². The van der Waals surface area contributed by atoms with Gasteiger partial charge >= 0.3 is 11.9 Å². The number of aliphatic hydroxyl groups excluding tert-OH is 5. The zero-order valence-corrected chi connectivity index (χ0v) is 53.5. The quantitative estimate of drug-likeness (QED) is 0.0773. The Balaban J connectivity index is 0.710. The minimum absolute atomic E-state index is 0.0188. The van der Waals surface area contributed by atoms with Gasteiger partial charge in [-0.3, -0.25) is 4.79 Å². The van der Waals surface area contributed by atoms with Crippen LogP contribution in [0.4, 0.5) is 0 Å². The Morgan fingerprint density at radius 1 is 0.584 bits per heavy atom. The third-order valence-corrected chi connectivity index (χ3v) is 22.5. The molecule has 0 spiro atoms. The highest BCUT2D eigenvalue weighted by Gasteiger charge is 2.77. The number of ether oxygens (including phenoxy) is 16. The van der Waals surface area contributed by atoms with E-state index in [-0.39, 0.29) is 48.5 Å². The summed E-state index contributed by atoms with van der Waals surface area (Å²) in [7, 11) is 6.16. The van der Waals surface area contributed by atoms with Crippen molar-refractivity contribution in [1.82, 2.24) is 0 Å². The van der Waals surface area contributed by atoms with Crippen molar-refractivity contribution in [3.8, 4) is 0 Å². The van der Waals surface area contributed by atoms with Crippen molar-refractivity contribution in [2.24, 2.45) is 28.6 Å².